The molecule has 20 heavy (non-hydrogen) atoms. The number of hydrogen-bond donors (Lipinski definition) is 1. The lowest BCUT2D eigenvalue weighted by Crippen LogP contribution is -2.23. The molecule has 1 aliphatic heterocycles. The van der Waals surface area contributed by atoms with Crippen LogP contribution in [0.1, 0.15) is 18.4 Å². The van der Waals surface area contributed by atoms with Crippen LogP contribution < -0.4 is 15.0 Å². The summed E-state index contributed by atoms with van der Waals surface area (Å²) >= 11 is 1.62. The summed E-state index contributed by atoms with van der Waals surface area (Å²) in [5, 5.41) is 13.5. The quantitative estimate of drug-likeness (QED) is 0.938. The molecule has 2 aromatic rings. The van der Waals surface area contributed by atoms with Crippen molar-refractivity contribution >= 4 is 22.2 Å². The molecule has 6 heteroatoms. The van der Waals surface area contributed by atoms with E-state index in [0.717, 1.165) is 54.2 Å². The lowest BCUT2D eigenvalue weighted by atomic mass is 10.2. The number of ether oxygens (including phenoxy) is 1. The van der Waals surface area contributed by atoms with Gasteiger partial charge in [-0.05, 0) is 25.5 Å². The zero-order valence-electron chi connectivity index (χ0n) is 11.5. The number of hydrogen-bond acceptors (Lipinski definition) is 6. The molecule has 0 saturated carbocycles. The molecular weight excluding hydrogens is 272 g/mol. The lowest BCUT2D eigenvalue weighted by molar-refractivity contribution is 0.322. The van der Waals surface area contributed by atoms with Crippen molar-refractivity contribution in [1.82, 2.24) is 10.2 Å². The van der Waals surface area contributed by atoms with Crippen molar-refractivity contribution < 1.29 is 4.74 Å². The summed E-state index contributed by atoms with van der Waals surface area (Å²) < 4.78 is 5.77. The predicted octanol–water partition coefficient (Wildman–Crippen LogP) is 2.76. The Morgan fingerprint density at radius 2 is 2.25 bits per heavy atom. The van der Waals surface area contributed by atoms with Gasteiger partial charge in [-0.2, -0.15) is 0 Å². The van der Waals surface area contributed by atoms with E-state index < -0.39 is 0 Å². The zero-order chi connectivity index (χ0) is 13.8. The van der Waals surface area contributed by atoms with Gasteiger partial charge in [-0.15, -0.1) is 10.2 Å². The van der Waals surface area contributed by atoms with E-state index in [9.17, 15) is 0 Å². The fourth-order valence-corrected chi connectivity index (χ4v) is 3.09. The molecule has 0 bridgehead atoms. The van der Waals surface area contributed by atoms with Gasteiger partial charge in [-0.1, -0.05) is 23.5 Å². The molecule has 0 unspecified atom stereocenters. The summed E-state index contributed by atoms with van der Waals surface area (Å²) in [4.78, 5) is 2.32. The molecule has 0 radical (unpaired) electrons. The minimum Gasteiger partial charge on any atom is -0.491 e. The number of benzene rings is 1. The van der Waals surface area contributed by atoms with Crippen LogP contribution in [0.15, 0.2) is 24.3 Å². The van der Waals surface area contributed by atoms with E-state index in [1.165, 1.54) is 0 Å². The molecule has 0 spiro atoms. The zero-order valence-corrected chi connectivity index (χ0v) is 12.3. The Kier molecular flexibility index (Phi) is 4.01. The predicted molar refractivity (Wildman–Crippen MR) is 81.7 cm³/mol. The molecule has 1 aromatic heterocycles. The Bertz CT molecular complexity index is 572. The molecule has 0 amide bonds. The average Bonchev–Trinajstić information content (AvgIpc) is 2.80. The third-order valence-corrected chi connectivity index (χ3v) is 4.02. The summed E-state index contributed by atoms with van der Waals surface area (Å²) in [7, 11) is 0. The smallest absolute Gasteiger partial charge is 0.205 e. The Morgan fingerprint density at radius 3 is 3.15 bits per heavy atom. The Balaban J connectivity index is 1.79. The summed E-state index contributed by atoms with van der Waals surface area (Å²) in [5.74, 6) is 0.960. The maximum atomic E-state index is 5.77. The molecule has 5 nitrogen and oxygen atoms in total. The monoisotopic (exact) mass is 290 g/mol. The van der Waals surface area contributed by atoms with Crippen molar-refractivity contribution in [2.24, 2.45) is 0 Å². The van der Waals surface area contributed by atoms with E-state index in [2.05, 4.69) is 33.4 Å². The highest BCUT2D eigenvalue weighted by atomic mass is 32.1. The van der Waals surface area contributed by atoms with Crippen molar-refractivity contribution in [3.05, 3.63) is 29.3 Å². The van der Waals surface area contributed by atoms with E-state index >= 15 is 0 Å². The van der Waals surface area contributed by atoms with Gasteiger partial charge in [-0.25, -0.2) is 0 Å². The van der Waals surface area contributed by atoms with Gasteiger partial charge < -0.3 is 15.0 Å². The summed E-state index contributed by atoms with van der Waals surface area (Å²) in [6.07, 6.45) is 1.02. The van der Waals surface area contributed by atoms with Crippen LogP contribution in [0.3, 0.4) is 0 Å². The molecular formula is C14H18N4OS. The fraction of sp³-hybridized carbons (Fsp3) is 0.429. The SMILES string of the molecule is CCNc1nnc(CN2CCCOc3ccccc32)s1. The van der Waals surface area contributed by atoms with Gasteiger partial charge in [0.2, 0.25) is 5.13 Å². The molecule has 1 aliphatic rings. The van der Waals surface area contributed by atoms with Crippen molar-refractivity contribution in [2.45, 2.75) is 19.9 Å². The van der Waals surface area contributed by atoms with Gasteiger partial charge in [0.1, 0.15) is 10.8 Å². The fourth-order valence-electron chi connectivity index (χ4n) is 2.27. The average molecular weight is 290 g/mol. The van der Waals surface area contributed by atoms with Crippen LogP contribution >= 0.6 is 11.3 Å². The Hall–Kier alpha value is -1.82. The van der Waals surface area contributed by atoms with Crippen LogP contribution in [0, 0.1) is 0 Å². The molecule has 0 fully saturated rings. The molecule has 0 aliphatic carbocycles. The molecule has 1 N–H and O–H groups in total. The first-order chi connectivity index (χ1) is 9.86. The number of para-hydroxylation sites is 2. The third kappa shape index (κ3) is 2.85. The second-order valence-corrected chi connectivity index (χ2v) is 5.68. The molecule has 1 aromatic carbocycles. The molecule has 106 valence electrons. The normalized spacial score (nSPS) is 14.3. The maximum Gasteiger partial charge on any atom is 0.205 e. The first kappa shape index (κ1) is 13.2. The lowest BCUT2D eigenvalue weighted by Gasteiger charge is -2.22. The van der Waals surface area contributed by atoms with Crippen LogP contribution in [0.25, 0.3) is 0 Å². The highest BCUT2D eigenvalue weighted by molar-refractivity contribution is 7.15. The van der Waals surface area contributed by atoms with Gasteiger partial charge in [-0.3, -0.25) is 0 Å². The van der Waals surface area contributed by atoms with Gasteiger partial charge in [0.25, 0.3) is 0 Å². The standard InChI is InChI=1S/C14H18N4OS/c1-2-15-14-17-16-13(20-14)10-18-8-5-9-19-12-7-4-3-6-11(12)18/h3-4,6-7H,2,5,8-10H2,1H3,(H,15,17). The van der Waals surface area contributed by atoms with E-state index in [-0.39, 0.29) is 0 Å². The number of nitrogens with one attached hydrogen (secondary N) is 1. The third-order valence-electron chi connectivity index (χ3n) is 3.16. The number of anilines is 2. The van der Waals surface area contributed by atoms with Crippen molar-refractivity contribution in [3.8, 4) is 5.75 Å². The molecule has 0 saturated heterocycles. The second-order valence-electron chi connectivity index (χ2n) is 4.62. The van der Waals surface area contributed by atoms with Crippen LogP contribution in [-0.2, 0) is 6.54 Å². The number of aromatic nitrogens is 2. The van der Waals surface area contributed by atoms with Gasteiger partial charge in [0, 0.05) is 13.1 Å². The Morgan fingerprint density at radius 1 is 1.35 bits per heavy atom. The van der Waals surface area contributed by atoms with Gasteiger partial charge in [0.05, 0.1) is 18.8 Å². The van der Waals surface area contributed by atoms with Crippen LogP contribution in [0.5, 0.6) is 5.75 Å². The molecule has 3 rings (SSSR count). The maximum absolute atomic E-state index is 5.77. The van der Waals surface area contributed by atoms with Crippen LogP contribution in [0.2, 0.25) is 0 Å². The van der Waals surface area contributed by atoms with E-state index in [4.69, 9.17) is 4.74 Å². The van der Waals surface area contributed by atoms with Crippen LogP contribution in [-0.4, -0.2) is 29.9 Å². The first-order valence-corrected chi connectivity index (χ1v) is 7.71. The largest absolute Gasteiger partial charge is 0.491 e. The number of nitrogens with zero attached hydrogens (tertiary/aromatic N) is 3. The molecule has 2 heterocycles. The summed E-state index contributed by atoms with van der Waals surface area (Å²) in [6.45, 7) is 5.46. The summed E-state index contributed by atoms with van der Waals surface area (Å²) in [6, 6.07) is 8.19. The number of fused-ring (bicyclic) bond motifs is 1. The van der Waals surface area contributed by atoms with Crippen LogP contribution in [0.4, 0.5) is 10.8 Å². The van der Waals surface area contributed by atoms with E-state index in [0.29, 0.717) is 0 Å². The Labute approximate surface area is 122 Å². The summed E-state index contributed by atoms with van der Waals surface area (Å²) in [5.41, 5.74) is 1.14. The topological polar surface area (TPSA) is 50.3 Å². The highest BCUT2D eigenvalue weighted by Crippen LogP contribution is 2.32. The van der Waals surface area contributed by atoms with Crippen molar-refractivity contribution in [3.63, 3.8) is 0 Å². The van der Waals surface area contributed by atoms with Gasteiger partial charge in [0.15, 0.2) is 0 Å². The minimum atomic E-state index is 0.770. The second kappa shape index (κ2) is 6.09. The van der Waals surface area contributed by atoms with Crippen molar-refractivity contribution in [1.29, 1.82) is 0 Å². The first-order valence-electron chi connectivity index (χ1n) is 6.90. The minimum absolute atomic E-state index is 0.770. The number of rotatable bonds is 4. The molecule has 0 atom stereocenters. The van der Waals surface area contributed by atoms with Gasteiger partial charge >= 0.3 is 0 Å². The van der Waals surface area contributed by atoms with E-state index in [1.54, 1.807) is 11.3 Å². The highest BCUT2D eigenvalue weighted by Gasteiger charge is 2.17. The van der Waals surface area contributed by atoms with E-state index in [1.807, 2.05) is 18.2 Å². The van der Waals surface area contributed by atoms with Crippen molar-refractivity contribution in [2.75, 3.05) is 29.9 Å².